The van der Waals surface area contributed by atoms with Gasteiger partial charge in [-0.05, 0) is 80.6 Å². The molecule has 0 saturated heterocycles. The summed E-state index contributed by atoms with van der Waals surface area (Å²) >= 11 is 0. The van der Waals surface area contributed by atoms with E-state index in [9.17, 15) is 4.79 Å². The number of urea groups is 1. The SMILES string of the molecule is CC1=CC=C(C2=CC(NC(=O)N3C=C4CCCC4C3)=C(N)CC2)CC1. The van der Waals surface area contributed by atoms with Crippen LogP contribution in [0.3, 0.4) is 0 Å². The van der Waals surface area contributed by atoms with Crippen molar-refractivity contribution in [3.05, 3.63) is 58.1 Å². The minimum Gasteiger partial charge on any atom is -0.400 e. The van der Waals surface area contributed by atoms with Gasteiger partial charge in [-0.15, -0.1) is 0 Å². The largest absolute Gasteiger partial charge is 0.400 e. The molecule has 0 aromatic carbocycles. The van der Waals surface area contributed by atoms with Gasteiger partial charge < -0.3 is 16.0 Å². The van der Waals surface area contributed by atoms with Crippen LogP contribution in [-0.4, -0.2) is 17.5 Å². The average molecular weight is 337 g/mol. The van der Waals surface area contributed by atoms with Crippen LogP contribution in [0.25, 0.3) is 0 Å². The number of carbonyl (C=O) groups is 1. The van der Waals surface area contributed by atoms with Crippen LogP contribution in [0.4, 0.5) is 4.79 Å². The monoisotopic (exact) mass is 337 g/mol. The quantitative estimate of drug-likeness (QED) is 0.791. The lowest BCUT2D eigenvalue weighted by atomic mass is 9.88. The van der Waals surface area contributed by atoms with Crippen molar-refractivity contribution >= 4 is 6.03 Å². The van der Waals surface area contributed by atoms with E-state index in [-0.39, 0.29) is 6.03 Å². The number of nitrogens with zero attached hydrogens (tertiary/aromatic N) is 1. The summed E-state index contributed by atoms with van der Waals surface area (Å²) in [5.74, 6) is 0.581. The van der Waals surface area contributed by atoms with Crippen LogP contribution in [-0.2, 0) is 0 Å². The van der Waals surface area contributed by atoms with Crippen LogP contribution in [0.15, 0.2) is 58.1 Å². The maximum Gasteiger partial charge on any atom is 0.325 e. The molecule has 1 aliphatic heterocycles. The van der Waals surface area contributed by atoms with E-state index in [1.165, 1.54) is 35.1 Å². The Morgan fingerprint density at radius 1 is 1.16 bits per heavy atom. The molecule has 4 nitrogen and oxygen atoms in total. The van der Waals surface area contributed by atoms with Gasteiger partial charge in [-0.3, -0.25) is 0 Å². The van der Waals surface area contributed by atoms with E-state index >= 15 is 0 Å². The minimum absolute atomic E-state index is 0.0503. The maximum atomic E-state index is 12.6. The predicted octanol–water partition coefficient (Wildman–Crippen LogP) is 4.25. The minimum atomic E-state index is -0.0503. The number of hydrogen-bond acceptors (Lipinski definition) is 2. The van der Waals surface area contributed by atoms with Crippen molar-refractivity contribution in [2.45, 2.75) is 51.9 Å². The number of rotatable bonds is 2. The van der Waals surface area contributed by atoms with E-state index in [4.69, 9.17) is 5.73 Å². The summed E-state index contributed by atoms with van der Waals surface area (Å²) in [6.45, 7) is 2.99. The molecule has 1 unspecified atom stereocenters. The van der Waals surface area contributed by atoms with E-state index in [1.54, 1.807) is 0 Å². The second kappa shape index (κ2) is 6.58. The Labute approximate surface area is 149 Å². The lowest BCUT2D eigenvalue weighted by Crippen LogP contribution is -2.37. The summed E-state index contributed by atoms with van der Waals surface area (Å²) in [6, 6.07) is -0.0503. The van der Waals surface area contributed by atoms with Crippen molar-refractivity contribution in [3.63, 3.8) is 0 Å². The first-order chi connectivity index (χ1) is 12.1. The van der Waals surface area contributed by atoms with Crippen molar-refractivity contribution in [2.75, 3.05) is 6.54 Å². The number of carbonyl (C=O) groups excluding carboxylic acids is 1. The van der Waals surface area contributed by atoms with Gasteiger partial charge in [0.2, 0.25) is 0 Å². The molecule has 0 aromatic rings. The van der Waals surface area contributed by atoms with Crippen LogP contribution in [0.1, 0.15) is 51.9 Å². The summed E-state index contributed by atoms with van der Waals surface area (Å²) in [7, 11) is 0. The van der Waals surface area contributed by atoms with Gasteiger partial charge in [0, 0.05) is 18.4 Å². The van der Waals surface area contributed by atoms with Crippen LogP contribution < -0.4 is 11.1 Å². The maximum absolute atomic E-state index is 12.6. The third-order valence-corrected chi connectivity index (χ3v) is 5.88. The Bertz CT molecular complexity index is 751. The molecular weight excluding hydrogens is 310 g/mol. The first kappa shape index (κ1) is 16.2. The molecule has 1 fully saturated rings. The molecule has 1 heterocycles. The highest BCUT2D eigenvalue weighted by Gasteiger charge is 2.31. The number of fused-ring (bicyclic) bond motifs is 1. The van der Waals surface area contributed by atoms with Gasteiger partial charge in [-0.25, -0.2) is 4.79 Å². The molecule has 132 valence electrons. The fourth-order valence-corrected chi connectivity index (χ4v) is 4.26. The second-order valence-corrected chi connectivity index (χ2v) is 7.69. The number of allylic oxidation sites excluding steroid dienone is 7. The topological polar surface area (TPSA) is 58.4 Å². The van der Waals surface area contributed by atoms with Crippen LogP contribution >= 0.6 is 0 Å². The fourth-order valence-electron chi connectivity index (χ4n) is 4.26. The third kappa shape index (κ3) is 3.30. The molecular formula is C21H27N3O. The summed E-state index contributed by atoms with van der Waals surface area (Å²) in [5, 5.41) is 3.06. The Morgan fingerprint density at radius 3 is 2.76 bits per heavy atom. The number of nitrogens with two attached hydrogens (primary N) is 1. The van der Waals surface area contributed by atoms with Gasteiger partial charge >= 0.3 is 6.03 Å². The lowest BCUT2D eigenvalue weighted by Gasteiger charge is -2.23. The number of nitrogens with one attached hydrogen (secondary N) is 1. The lowest BCUT2D eigenvalue weighted by molar-refractivity contribution is 0.218. The van der Waals surface area contributed by atoms with Crippen molar-refractivity contribution < 1.29 is 4.79 Å². The molecule has 25 heavy (non-hydrogen) atoms. The van der Waals surface area contributed by atoms with E-state index < -0.39 is 0 Å². The summed E-state index contributed by atoms with van der Waals surface area (Å²) in [6.07, 6.45) is 16.1. The first-order valence-corrected chi connectivity index (χ1v) is 9.44. The molecule has 0 aromatic heterocycles. The highest BCUT2D eigenvalue weighted by Crippen LogP contribution is 2.36. The molecule has 3 N–H and O–H groups in total. The molecule has 4 heteroatoms. The highest BCUT2D eigenvalue weighted by atomic mass is 16.2. The van der Waals surface area contributed by atoms with Gasteiger partial charge in [-0.2, -0.15) is 0 Å². The smallest absolute Gasteiger partial charge is 0.325 e. The number of hydrogen-bond donors (Lipinski definition) is 2. The fraction of sp³-hybridized carbons (Fsp3) is 0.476. The molecule has 4 aliphatic rings. The molecule has 1 atom stereocenters. The van der Waals surface area contributed by atoms with Crippen molar-refractivity contribution in [1.82, 2.24) is 10.2 Å². The first-order valence-electron chi connectivity index (χ1n) is 9.44. The Hall–Kier alpha value is -2.23. The van der Waals surface area contributed by atoms with Gasteiger partial charge in [0.25, 0.3) is 0 Å². The molecule has 0 spiro atoms. The molecule has 3 aliphatic carbocycles. The summed E-state index contributed by atoms with van der Waals surface area (Å²) in [5.41, 5.74) is 13.3. The summed E-state index contributed by atoms with van der Waals surface area (Å²) in [4.78, 5) is 14.5. The van der Waals surface area contributed by atoms with Crippen molar-refractivity contribution in [2.24, 2.45) is 11.7 Å². The van der Waals surface area contributed by atoms with E-state index in [0.29, 0.717) is 5.92 Å². The van der Waals surface area contributed by atoms with Crippen molar-refractivity contribution in [1.29, 1.82) is 0 Å². The van der Waals surface area contributed by atoms with E-state index in [2.05, 4.69) is 36.7 Å². The molecule has 0 radical (unpaired) electrons. The highest BCUT2D eigenvalue weighted by molar-refractivity contribution is 5.79. The molecule has 0 bridgehead atoms. The molecule has 1 saturated carbocycles. The van der Waals surface area contributed by atoms with E-state index in [0.717, 1.165) is 50.0 Å². The Morgan fingerprint density at radius 2 is 2.00 bits per heavy atom. The Balaban J connectivity index is 1.47. The second-order valence-electron chi connectivity index (χ2n) is 7.69. The average Bonchev–Trinajstić information content (AvgIpc) is 3.19. The third-order valence-electron chi connectivity index (χ3n) is 5.88. The van der Waals surface area contributed by atoms with Crippen LogP contribution in [0.2, 0.25) is 0 Å². The van der Waals surface area contributed by atoms with E-state index in [1.807, 2.05) is 4.90 Å². The normalized spacial score (nSPS) is 26.0. The van der Waals surface area contributed by atoms with Gasteiger partial charge in [0.05, 0.1) is 5.70 Å². The standard InChI is InChI=1S/C21H27N3O/c1-14-5-7-15(8-6-14)16-9-10-19(22)20(11-16)23-21(25)24-12-17-3-2-4-18(17)13-24/h5,7,11-12,18H,2-4,6,8-10,13,22H2,1H3,(H,23,25). The molecule has 2 amide bonds. The zero-order chi connectivity index (χ0) is 17.4. The van der Waals surface area contributed by atoms with Crippen LogP contribution in [0, 0.1) is 5.92 Å². The van der Waals surface area contributed by atoms with Crippen molar-refractivity contribution in [3.8, 4) is 0 Å². The van der Waals surface area contributed by atoms with Crippen LogP contribution in [0.5, 0.6) is 0 Å². The zero-order valence-electron chi connectivity index (χ0n) is 15.0. The van der Waals surface area contributed by atoms with Gasteiger partial charge in [-0.1, -0.05) is 17.7 Å². The summed E-state index contributed by atoms with van der Waals surface area (Å²) < 4.78 is 0. The Kier molecular flexibility index (Phi) is 4.28. The predicted molar refractivity (Wildman–Crippen MR) is 100 cm³/mol. The molecule has 4 rings (SSSR count). The number of amides is 2. The van der Waals surface area contributed by atoms with Gasteiger partial charge in [0.1, 0.15) is 0 Å². The van der Waals surface area contributed by atoms with Gasteiger partial charge in [0.15, 0.2) is 0 Å². The zero-order valence-corrected chi connectivity index (χ0v) is 15.0.